The highest BCUT2D eigenvalue weighted by atomic mass is 16.6. The van der Waals surface area contributed by atoms with E-state index in [1.54, 1.807) is 7.11 Å². The Bertz CT molecular complexity index is 435. The number of carbonyl (C=O) groups is 1. The van der Waals surface area contributed by atoms with Crippen LogP contribution in [0.15, 0.2) is 18.2 Å². The summed E-state index contributed by atoms with van der Waals surface area (Å²) in [6.45, 7) is 4.18. The molecular weight excluding hydrogens is 220 g/mol. The van der Waals surface area contributed by atoms with Gasteiger partial charge in [0.15, 0.2) is 5.60 Å². The topological polar surface area (TPSA) is 44.8 Å². The Balaban J connectivity index is 2.34. The summed E-state index contributed by atoms with van der Waals surface area (Å²) in [5.41, 5.74) is 1.34. The zero-order chi connectivity index (χ0) is 12.5. The van der Waals surface area contributed by atoms with Crippen LogP contribution in [0, 0.1) is 6.92 Å². The summed E-state index contributed by atoms with van der Waals surface area (Å²) in [5.74, 6) is 0.494. The summed E-state index contributed by atoms with van der Waals surface area (Å²) in [6.07, 6.45) is 0. The number of esters is 1. The van der Waals surface area contributed by atoms with Gasteiger partial charge in [-0.3, -0.25) is 4.79 Å². The van der Waals surface area contributed by atoms with Crippen molar-refractivity contribution in [3.8, 4) is 5.75 Å². The fourth-order valence-corrected chi connectivity index (χ4v) is 1.95. The van der Waals surface area contributed by atoms with E-state index in [0.29, 0.717) is 13.2 Å². The van der Waals surface area contributed by atoms with Crippen molar-refractivity contribution in [2.24, 2.45) is 0 Å². The Labute approximate surface area is 100 Å². The largest absolute Gasteiger partial charge is 0.496 e. The molecule has 1 aliphatic rings. The third kappa shape index (κ3) is 2.13. The first kappa shape index (κ1) is 11.9. The molecule has 1 aromatic carbocycles. The average molecular weight is 236 g/mol. The van der Waals surface area contributed by atoms with E-state index < -0.39 is 5.60 Å². The van der Waals surface area contributed by atoms with Crippen LogP contribution >= 0.6 is 0 Å². The minimum Gasteiger partial charge on any atom is -0.496 e. The van der Waals surface area contributed by atoms with Crippen LogP contribution in [0.2, 0.25) is 0 Å². The molecule has 0 N–H and O–H groups in total. The van der Waals surface area contributed by atoms with Crippen molar-refractivity contribution in [1.82, 2.24) is 0 Å². The summed E-state index contributed by atoms with van der Waals surface area (Å²) in [5, 5.41) is 0. The molecule has 0 saturated carbocycles. The van der Waals surface area contributed by atoms with E-state index in [1.807, 2.05) is 25.1 Å². The van der Waals surface area contributed by atoms with Gasteiger partial charge in [0.2, 0.25) is 0 Å². The third-order valence-corrected chi connectivity index (χ3v) is 2.94. The van der Waals surface area contributed by atoms with Crippen LogP contribution in [-0.2, 0) is 19.9 Å². The van der Waals surface area contributed by atoms with E-state index in [-0.39, 0.29) is 5.97 Å². The average Bonchev–Trinajstić information content (AvgIpc) is 2.24. The molecule has 1 saturated heterocycles. The highest BCUT2D eigenvalue weighted by molar-refractivity contribution is 5.67. The van der Waals surface area contributed by atoms with Crippen LogP contribution in [0.1, 0.15) is 18.1 Å². The normalized spacial score (nSPS) is 17.1. The maximum atomic E-state index is 11.1. The van der Waals surface area contributed by atoms with E-state index in [1.165, 1.54) is 6.92 Å². The molecule has 0 radical (unpaired) electrons. The number of hydrogen-bond donors (Lipinski definition) is 0. The lowest BCUT2D eigenvalue weighted by Gasteiger charge is -2.40. The summed E-state index contributed by atoms with van der Waals surface area (Å²) < 4.78 is 15.8. The summed E-state index contributed by atoms with van der Waals surface area (Å²) >= 11 is 0. The molecule has 0 unspecified atom stereocenters. The predicted molar refractivity (Wildman–Crippen MR) is 62.0 cm³/mol. The van der Waals surface area contributed by atoms with Gasteiger partial charge in [0, 0.05) is 12.5 Å². The lowest BCUT2D eigenvalue weighted by molar-refractivity contribution is -0.216. The van der Waals surface area contributed by atoms with Crippen molar-refractivity contribution >= 4 is 5.97 Å². The van der Waals surface area contributed by atoms with E-state index in [4.69, 9.17) is 14.2 Å². The van der Waals surface area contributed by atoms with E-state index >= 15 is 0 Å². The number of aryl methyl sites for hydroxylation is 1. The third-order valence-electron chi connectivity index (χ3n) is 2.94. The lowest BCUT2D eigenvalue weighted by Crippen LogP contribution is -2.49. The van der Waals surface area contributed by atoms with Crippen LogP contribution in [0.25, 0.3) is 0 Å². The molecule has 1 aromatic rings. The Morgan fingerprint density at radius 2 is 2.12 bits per heavy atom. The predicted octanol–water partition coefficient (Wildman–Crippen LogP) is 1.79. The smallest absolute Gasteiger partial charge is 0.303 e. The fourth-order valence-electron chi connectivity index (χ4n) is 1.95. The van der Waals surface area contributed by atoms with Gasteiger partial charge < -0.3 is 14.2 Å². The minimum atomic E-state index is -0.632. The van der Waals surface area contributed by atoms with Crippen molar-refractivity contribution in [1.29, 1.82) is 0 Å². The quantitative estimate of drug-likeness (QED) is 0.750. The number of hydrogen-bond acceptors (Lipinski definition) is 4. The number of methoxy groups -OCH3 is 1. The second kappa shape index (κ2) is 4.37. The first-order valence-corrected chi connectivity index (χ1v) is 5.50. The number of rotatable bonds is 3. The van der Waals surface area contributed by atoms with Gasteiger partial charge in [-0.05, 0) is 18.6 Å². The molecule has 0 bridgehead atoms. The van der Waals surface area contributed by atoms with Gasteiger partial charge in [-0.15, -0.1) is 0 Å². The van der Waals surface area contributed by atoms with Gasteiger partial charge in [0.25, 0.3) is 0 Å². The maximum absolute atomic E-state index is 11.1. The van der Waals surface area contributed by atoms with Gasteiger partial charge in [-0.2, -0.15) is 0 Å². The minimum absolute atomic E-state index is 0.298. The molecule has 0 aromatic heterocycles. The number of benzene rings is 1. The zero-order valence-electron chi connectivity index (χ0n) is 10.3. The van der Waals surface area contributed by atoms with Gasteiger partial charge >= 0.3 is 5.97 Å². The Morgan fingerprint density at radius 1 is 1.41 bits per heavy atom. The second-order valence-electron chi connectivity index (χ2n) is 4.27. The van der Waals surface area contributed by atoms with Crippen LogP contribution in [0.5, 0.6) is 5.75 Å². The highest BCUT2D eigenvalue weighted by Gasteiger charge is 2.44. The molecule has 0 atom stereocenters. The van der Waals surface area contributed by atoms with Gasteiger partial charge in [0.05, 0.1) is 20.3 Å². The van der Waals surface area contributed by atoms with Crippen LogP contribution in [-0.4, -0.2) is 26.3 Å². The molecule has 1 fully saturated rings. The fraction of sp³-hybridized carbons (Fsp3) is 0.462. The van der Waals surface area contributed by atoms with Crippen LogP contribution in [0.3, 0.4) is 0 Å². The molecule has 0 amide bonds. The number of ether oxygens (including phenoxy) is 3. The molecule has 1 aliphatic heterocycles. The van der Waals surface area contributed by atoms with E-state index in [0.717, 1.165) is 16.9 Å². The molecule has 2 rings (SSSR count). The number of carbonyl (C=O) groups excluding carboxylic acids is 1. The molecular formula is C13H16O4. The van der Waals surface area contributed by atoms with Crippen molar-refractivity contribution in [3.63, 3.8) is 0 Å². The molecule has 4 nitrogen and oxygen atoms in total. The van der Waals surface area contributed by atoms with Crippen molar-refractivity contribution in [2.45, 2.75) is 19.4 Å². The molecule has 17 heavy (non-hydrogen) atoms. The van der Waals surface area contributed by atoms with Gasteiger partial charge in [0.1, 0.15) is 5.75 Å². The molecule has 1 heterocycles. The maximum Gasteiger partial charge on any atom is 0.303 e. The molecule has 92 valence electrons. The van der Waals surface area contributed by atoms with Gasteiger partial charge in [-0.25, -0.2) is 0 Å². The van der Waals surface area contributed by atoms with Gasteiger partial charge in [-0.1, -0.05) is 12.1 Å². The summed E-state index contributed by atoms with van der Waals surface area (Å²) in [7, 11) is 1.63. The summed E-state index contributed by atoms with van der Waals surface area (Å²) in [4.78, 5) is 11.1. The van der Waals surface area contributed by atoms with Crippen molar-refractivity contribution in [3.05, 3.63) is 29.3 Å². The molecule has 0 aliphatic carbocycles. The first-order valence-electron chi connectivity index (χ1n) is 5.50. The zero-order valence-corrected chi connectivity index (χ0v) is 10.3. The Morgan fingerprint density at radius 3 is 2.59 bits per heavy atom. The van der Waals surface area contributed by atoms with Crippen molar-refractivity contribution in [2.75, 3.05) is 20.3 Å². The highest BCUT2D eigenvalue weighted by Crippen LogP contribution is 2.36. The molecule has 0 spiro atoms. The van der Waals surface area contributed by atoms with E-state index in [2.05, 4.69) is 0 Å². The van der Waals surface area contributed by atoms with Crippen molar-refractivity contribution < 1.29 is 19.0 Å². The Kier molecular flexibility index (Phi) is 3.07. The van der Waals surface area contributed by atoms with Crippen LogP contribution < -0.4 is 4.74 Å². The lowest BCUT2D eigenvalue weighted by atomic mass is 9.90. The monoisotopic (exact) mass is 236 g/mol. The van der Waals surface area contributed by atoms with Crippen LogP contribution in [0.4, 0.5) is 0 Å². The standard InChI is InChI=1S/C13H16O4/c1-9-4-5-11(6-12(9)15-3)13(7-16-8-13)17-10(2)14/h4-6H,7-8H2,1-3H3. The van der Waals surface area contributed by atoms with E-state index in [9.17, 15) is 4.79 Å². The Hall–Kier alpha value is -1.55. The SMILES string of the molecule is COc1cc(C2(OC(C)=O)COC2)ccc1C. The second-order valence-corrected chi connectivity index (χ2v) is 4.27. The summed E-state index contributed by atoms with van der Waals surface area (Å²) in [6, 6.07) is 5.81. The first-order chi connectivity index (χ1) is 8.07. The molecule has 4 heteroatoms.